The minimum Gasteiger partial charge on any atom is -0.330 e. The van der Waals surface area contributed by atoms with Crippen LogP contribution >= 0.6 is 11.8 Å². The molecule has 0 aliphatic carbocycles. The van der Waals surface area contributed by atoms with Crippen molar-refractivity contribution in [1.82, 2.24) is 24.9 Å². The van der Waals surface area contributed by atoms with E-state index in [1.54, 1.807) is 11.6 Å². The Hall–Kier alpha value is -3.46. The fourth-order valence-electron chi connectivity index (χ4n) is 2.92. The second-order valence-electron chi connectivity index (χ2n) is 6.81. The number of carbonyl (C=O) groups is 1. The van der Waals surface area contributed by atoms with Gasteiger partial charge in [-0.3, -0.25) is 4.79 Å². The van der Waals surface area contributed by atoms with Gasteiger partial charge in [-0.15, -0.1) is 10.2 Å². The molecule has 2 heterocycles. The summed E-state index contributed by atoms with van der Waals surface area (Å²) < 4.78 is 7.09. The zero-order valence-electron chi connectivity index (χ0n) is 16.8. The predicted molar refractivity (Wildman–Crippen MR) is 115 cm³/mol. The highest BCUT2D eigenvalue weighted by molar-refractivity contribution is 7.99. The van der Waals surface area contributed by atoms with Crippen LogP contribution in [0.1, 0.15) is 11.1 Å². The number of hydrogen-bond acceptors (Lipinski definition) is 7. The molecule has 4 rings (SSSR count). The SMILES string of the molecule is Cc1ccc(NC(=O)CSc2nnc(-c3nc(-c4ccccc4)no3)n2C)c(C)c1. The van der Waals surface area contributed by atoms with Gasteiger partial charge in [0.1, 0.15) is 0 Å². The average Bonchev–Trinajstić information content (AvgIpc) is 3.36. The Balaban J connectivity index is 1.42. The first kappa shape index (κ1) is 19.8. The third-order valence-electron chi connectivity index (χ3n) is 4.47. The second-order valence-corrected chi connectivity index (χ2v) is 7.75. The molecule has 1 amide bonds. The molecular weight excluding hydrogens is 400 g/mol. The van der Waals surface area contributed by atoms with E-state index in [0.29, 0.717) is 16.8 Å². The number of rotatable bonds is 6. The number of aryl methyl sites for hydroxylation is 2. The molecule has 4 aromatic rings. The number of thioether (sulfide) groups is 1. The van der Waals surface area contributed by atoms with Crippen LogP contribution in [-0.2, 0) is 11.8 Å². The molecule has 0 spiro atoms. The van der Waals surface area contributed by atoms with Crippen molar-refractivity contribution in [3.63, 3.8) is 0 Å². The van der Waals surface area contributed by atoms with Gasteiger partial charge in [0.25, 0.3) is 5.89 Å². The lowest BCUT2D eigenvalue weighted by atomic mass is 10.1. The van der Waals surface area contributed by atoms with Gasteiger partial charge in [-0.05, 0) is 25.5 Å². The fraction of sp³-hybridized carbons (Fsp3) is 0.190. The van der Waals surface area contributed by atoms with Gasteiger partial charge in [0, 0.05) is 18.3 Å². The second kappa shape index (κ2) is 8.50. The summed E-state index contributed by atoms with van der Waals surface area (Å²) in [7, 11) is 1.80. The van der Waals surface area contributed by atoms with Gasteiger partial charge in [-0.25, -0.2) is 0 Å². The van der Waals surface area contributed by atoms with Crippen molar-refractivity contribution in [3.8, 4) is 23.1 Å². The lowest BCUT2D eigenvalue weighted by Gasteiger charge is -2.08. The Labute approximate surface area is 177 Å². The van der Waals surface area contributed by atoms with Crippen molar-refractivity contribution >= 4 is 23.4 Å². The van der Waals surface area contributed by atoms with Gasteiger partial charge in [0.2, 0.25) is 17.6 Å². The first-order valence-corrected chi connectivity index (χ1v) is 10.3. The van der Waals surface area contributed by atoms with Crippen LogP contribution in [0.4, 0.5) is 5.69 Å². The smallest absolute Gasteiger partial charge is 0.296 e. The van der Waals surface area contributed by atoms with Crippen LogP contribution in [0.2, 0.25) is 0 Å². The van der Waals surface area contributed by atoms with Gasteiger partial charge in [-0.2, -0.15) is 4.98 Å². The molecule has 0 radical (unpaired) electrons. The molecule has 8 nitrogen and oxygen atoms in total. The summed E-state index contributed by atoms with van der Waals surface area (Å²) in [5, 5.41) is 15.8. The third-order valence-corrected chi connectivity index (χ3v) is 5.49. The monoisotopic (exact) mass is 420 g/mol. The van der Waals surface area contributed by atoms with Crippen LogP contribution in [0.3, 0.4) is 0 Å². The molecule has 30 heavy (non-hydrogen) atoms. The van der Waals surface area contributed by atoms with Gasteiger partial charge < -0.3 is 14.4 Å². The number of nitrogens with zero attached hydrogens (tertiary/aromatic N) is 5. The number of hydrogen-bond donors (Lipinski definition) is 1. The maximum Gasteiger partial charge on any atom is 0.296 e. The number of carbonyl (C=O) groups excluding carboxylic acids is 1. The Morgan fingerprint density at radius 2 is 1.93 bits per heavy atom. The van der Waals surface area contributed by atoms with Crippen molar-refractivity contribution in [1.29, 1.82) is 0 Å². The summed E-state index contributed by atoms with van der Waals surface area (Å²) in [6, 6.07) is 15.5. The zero-order chi connectivity index (χ0) is 21.1. The summed E-state index contributed by atoms with van der Waals surface area (Å²) in [6.07, 6.45) is 0. The van der Waals surface area contributed by atoms with Crippen LogP contribution in [0, 0.1) is 13.8 Å². The van der Waals surface area contributed by atoms with E-state index < -0.39 is 0 Å². The number of amides is 1. The number of nitrogens with one attached hydrogen (secondary N) is 1. The summed E-state index contributed by atoms with van der Waals surface area (Å²) in [5.41, 5.74) is 3.85. The van der Waals surface area contributed by atoms with E-state index in [1.165, 1.54) is 11.8 Å². The highest BCUT2D eigenvalue weighted by Gasteiger charge is 2.19. The molecule has 0 aliphatic rings. The summed E-state index contributed by atoms with van der Waals surface area (Å²) in [4.78, 5) is 16.7. The topological polar surface area (TPSA) is 98.7 Å². The number of aromatic nitrogens is 5. The molecular formula is C21H20N6O2S. The molecule has 0 atom stereocenters. The predicted octanol–water partition coefficient (Wildman–Crippen LogP) is 3.88. The van der Waals surface area contributed by atoms with Crippen LogP contribution in [-0.4, -0.2) is 36.6 Å². The molecule has 2 aromatic heterocycles. The molecule has 0 saturated carbocycles. The van der Waals surface area contributed by atoms with Crippen LogP contribution in [0.5, 0.6) is 0 Å². The molecule has 0 unspecified atom stereocenters. The lowest BCUT2D eigenvalue weighted by Crippen LogP contribution is -2.15. The van der Waals surface area contributed by atoms with E-state index >= 15 is 0 Å². The van der Waals surface area contributed by atoms with Crippen molar-refractivity contribution < 1.29 is 9.32 Å². The molecule has 0 saturated heterocycles. The van der Waals surface area contributed by atoms with E-state index in [-0.39, 0.29) is 17.6 Å². The molecule has 0 aliphatic heterocycles. The van der Waals surface area contributed by atoms with Gasteiger partial charge in [0.05, 0.1) is 5.75 Å². The standard InChI is InChI=1S/C21H20N6O2S/c1-13-9-10-16(14(2)11-13)22-17(28)12-30-21-25-24-19(27(21)3)20-23-18(26-29-20)15-7-5-4-6-8-15/h4-11H,12H2,1-3H3,(H,22,28). The Kier molecular flexibility index (Phi) is 5.62. The van der Waals surface area contributed by atoms with E-state index in [1.807, 2.05) is 62.4 Å². The van der Waals surface area contributed by atoms with Gasteiger partial charge in [-0.1, -0.05) is 64.9 Å². The zero-order valence-corrected chi connectivity index (χ0v) is 17.6. The third kappa shape index (κ3) is 4.25. The van der Waals surface area contributed by atoms with E-state index in [2.05, 4.69) is 25.7 Å². The fourth-order valence-corrected chi connectivity index (χ4v) is 3.63. The van der Waals surface area contributed by atoms with E-state index in [4.69, 9.17) is 4.52 Å². The Morgan fingerprint density at radius 1 is 1.13 bits per heavy atom. The minimum absolute atomic E-state index is 0.111. The molecule has 2 aromatic carbocycles. The maximum absolute atomic E-state index is 12.3. The normalized spacial score (nSPS) is 10.9. The summed E-state index contributed by atoms with van der Waals surface area (Å²) >= 11 is 1.29. The van der Waals surface area contributed by atoms with Crippen LogP contribution in [0.25, 0.3) is 23.1 Å². The quantitative estimate of drug-likeness (QED) is 0.473. The number of benzene rings is 2. The number of anilines is 1. The highest BCUT2D eigenvalue weighted by atomic mass is 32.2. The Bertz CT molecular complexity index is 1190. The van der Waals surface area contributed by atoms with Crippen molar-refractivity contribution in [2.45, 2.75) is 19.0 Å². The van der Waals surface area contributed by atoms with Crippen LogP contribution in [0.15, 0.2) is 58.2 Å². The minimum atomic E-state index is -0.111. The molecule has 1 N–H and O–H groups in total. The lowest BCUT2D eigenvalue weighted by molar-refractivity contribution is -0.113. The van der Waals surface area contributed by atoms with E-state index in [9.17, 15) is 4.79 Å². The van der Waals surface area contributed by atoms with Crippen molar-refractivity contribution in [2.24, 2.45) is 7.05 Å². The van der Waals surface area contributed by atoms with Crippen LogP contribution < -0.4 is 5.32 Å². The first-order chi connectivity index (χ1) is 14.5. The molecule has 152 valence electrons. The van der Waals surface area contributed by atoms with Gasteiger partial charge >= 0.3 is 0 Å². The average molecular weight is 420 g/mol. The van der Waals surface area contributed by atoms with E-state index in [0.717, 1.165) is 22.4 Å². The molecule has 0 bridgehead atoms. The first-order valence-electron chi connectivity index (χ1n) is 9.30. The van der Waals surface area contributed by atoms with Gasteiger partial charge in [0.15, 0.2) is 5.16 Å². The summed E-state index contributed by atoms with van der Waals surface area (Å²) in [5.74, 6) is 1.30. The Morgan fingerprint density at radius 3 is 2.70 bits per heavy atom. The van der Waals surface area contributed by atoms with Crippen molar-refractivity contribution in [3.05, 3.63) is 59.7 Å². The summed E-state index contributed by atoms with van der Waals surface area (Å²) in [6.45, 7) is 3.99. The largest absolute Gasteiger partial charge is 0.330 e. The highest BCUT2D eigenvalue weighted by Crippen LogP contribution is 2.24. The van der Waals surface area contributed by atoms with Crippen molar-refractivity contribution in [2.75, 3.05) is 11.1 Å². The molecule has 9 heteroatoms. The maximum atomic E-state index is 12.3. The molecule has 0 fully saturated rings.